The monoisotopic (exact) mass is 419 g/mol. The van der Waals surface area contributed by atoms with Crippen LogP contribution >= 0.6 is 0 Å². The second kappa shape index (κ2) is 8.14. The maximum Gasteiger partial charge on any atom is 0.257 e. The van der Waals surface area contributed by atoms with Crippen molar-refractivity contribution in [2.45, 2.75) is 12.3 Å². The summed E-state index contributed by atoms with van der Waals surface area (Å²) in [5.41, 5.74) is 3.86. The molecule has 1 heterocycles. The van der Waals surface area contributed by atoms with E-state index in [1.165, 1.54) is 0 Å². The molecule has 0 unspecified atom stereocenters. The molecule has 0 bridgehead atoms. The quantitative estimate of drug-likeness (QED) is 0.499. The van der Waals surface area contributed by atoms with Crippen LogP contribution in [0.25, 0.3) is 10.9 Å². The van der Waals surface area contributed by atoms with Crippen LogP contribution < -0.4 is 10.5 Å². The van der Waals surface area contributed by atoms with Crippen molar-refractivity contribution < 1.29 is 13.2 Å². The third-order valence-electron chi connectivity index (χ3n) is 4.81. The molecule has 7 heteroatoms. The number of anilines is 1. The minimum Gasteiger partial charge on any atom is -0.342 e. The van der Waals surface area contributed by atoms with Gasteiger partial charge < -0.3 is 9.88 Å². The van der Waals surface area contributed by atoms with Gasteiger partial charge in [-0.25, -0.2) is 13.6 Å². The average Bonchev–Trinajstić information content (AvgIpc) is 3.08. The van der Waals surface area contributed by atoms with Crippen molar-refractivity contribution in [3.05, 3.63) is 102 Å². The maximum atomic E-state index is 13.0. The SMILES string of the molecule is NS(=O)(=O)Cc1ccc(NC(=O)c2cn(Cc3ccccc3)c3ccccc23)cc1. The first-order valence-electron chi connectivity index (χ1n) is 9.42. The summed E-state index contributed by atoms with van der Waals surface area (Å²) in [6.07, 6.45) is 1.86. The predicted molar refractivity (Wildman–Crippen MR) is 119 cm³/mol. The average molecular weight is 420 g/mol. The van der Waals surface area contributed by atoms with E-state index in [0.717, 1.165) is 16.5 Å². The van der Waals surface area contributed by atoms with Crippen LogP contribution in [-0.2, 0) is 22.3 Å². The number of hydrogen-bond donors (Lipinski definition) is 2. The van der Waals surface area contributed by atoms with E-state index in [4.69, 9.17) is 5.14 Å². The highest BCUT2D eigenvalue weighted by atomic mass is 32.2. The fourth-order valence-corrected chi connectivity index (χ4v) is 4.11. The Hall–Kier alpha value is -3.42. The highest BCUT2D eigenvalue weighted by molar-refractivity contribution is 7.88. The molecule has 0 spiro atoms. The number of hydrogen-bond acceptors (Lipinski definition) is 3. The molecule has 0 radical (unpaired) electrons. The van der Waals surface area contributed by atoms with Crippen molar-refractivity contribution >= 4 is 32.5 Å². The second-order valence-electron chi connectivity index (χ2n) is 7.13. The van der Waals surface area contributed by atoms with Gasteiger partial charge in [0.15, 0.2) is 0 Å². The van der Waals surface area contributed by atoms with E-state index in [1.807, 2.05) is 48.7 Å². The lowest BCUT2D eigenvalue weighted by Gasteiger charge is -2.06. The first-order valence-corrected chi connectivity index (χ1v) is 11.1. The van der Waals surface area contributed by atoms with Crippen molar-refractivity contribution in [1.29, 1.82) is 0 Å². The van der Waals surface area contributed by atoms with Gasteiger partial charge in [-0.1, -0.05) is 60.7 Å². The fourth-order valence-electron chi connectivity index (χ4n) is 3.45. The summed E-state index contributed by atoms with van der Waals surface area (Å²) in [5.74, 6) is -0.467. The Labute approximate surface area is 175 Å². The molecular formula is C23H21N3O3S. The third kappa shape index (κ3) is 4.59. The number of carbonyl (C=O) groups is 1. The van der Waals surface area contributed by atoms with Gasteiger partial charge in [0.25, 0.3) is 5.91 Å². The number of benzene rings is 3. The Morgan fingerprint density at radius 2 is 1.53 bits per heavy atom. The lowest BCUT2D eigenvalue weighted by molar-refractivity contribution is 0.102. The zero-order valence-corrected chi connectivity index (χ0v) is 17.0. The molecule has 0 saturated heterocycles. The number of primary sulfonamides is 1. The van der Waals surface area contributed by atoms with Crippen molar-refractivity contribution in [2.24, 2.45) is 5.14 Å². The number of nitrogens with zero attached hydrogens (tertiary/aromatic N) is 1. The number of para-hydroxylation sites is 1. The molecule has 3 aromatic carbocycles. The molecule has 0 aliphatic heterocycles. The van der Waals surface area contributed by atoms with Crippen LogP contribution in [0.1, 0.15) is 21.5 Å². The summed E-state index contributed by atoms with van der Waals surface area (Å²) in [7, 11) is -3.59. The number of nitrogens with two attached hydrogens (primary N) is 1. The van der Waals surface area contributed by atoms with E-state index in [-0.39, 0.29) is 11.7 Å². The van der Waals surface area contributed by atoms with Crippen LogP contribution in [0.15, 0.2) is 85.1 Å². The smallest absolute Gasteiger partial charge is 0.257 e. The normalized spacial score (nSPS) is 11.5. The topological polar surface area (TPSA) is 94.2 Å². The maximum absolute atomic E-state index is 13.0. The Morgan fingerprint density at radius 3 is 2.23 bits per heavy atom. The lowest BCUT2D eigenvalue weighted by Crippen LogP contribution is -2.15. The summed E-state index contributed by atoms with van der Waals surface area (Å²) in [4.78, 5) is 13.0. The molecule has 0 aliphatic carbocycles. The number of sulfonamides is 1. The molecule has 1 amide bonds. The zero-order valence-electron chi connectivity index (χ0n) is 16.2. The first kappa shape index (κ1) is 19.9. The number of nitrogens with one attached hydrogen (secondary N) is 1. The Kier molecular flexibility index (Phi) is 5.39. The van der Waals surface area contributed by atoms with Crippen LogP contribution in [0, 0.1) is 0 Å². The molecule has 0 fully saturated rings. The fraction of sp³-hybridized carbons (Fsp3) is 0.0870. The van der Waals surface area contributed by atoms with Gasteiger partial charge in [0.05, 0.1) is 11.3 Å². The standard InChI is InChI=1S/C23H21N3O3S/c24-30(28,29)16-18-10-12-19(13-11-18)25-23(27)21-15-26(14-17-6-2-1-3-7-17)22-9-5-4-8-20(21)22/h1-13,15H,14,16H2,(H,25,27)(H2,24,28,29). The summed E-state index contributed by atoms with van der Waals surface area (Å²) >= 11 is 0. The van der Waals surface area contributed by atoms with Crippen LogP contribution in [0.4, 0.5) is 5.69 Å². The molecular weight excluding hydrogens is 398 g/mol. The Balaban J connectivity index is 1.59. The van der Waals surface area contributed by atoms with Gasteiger partial charge in [-0.05, 0) is 29.3 Å². The van der Waals surface area contributed by atoms with Crippen molar-refractivity contribution in [3.63, 3.8) is 0 Å². The zero-order chi connectivity index (χ0) is 21.1. The summed E-state index contributed by atoms with van der Waals surface area (Å²) < 4.78 is 24.5. The number of carbonyl (C=O) groups excluding carboxylic acids is 1. The van der Waals surface area contributed by atoms with E-state index in [1.54, 1.807) is 24.3 Å². The van der Waals surface area contributed by atoms with Crippen molar-refractivity contribution in [3.8, 4) is 0 Å². The van der Waals surface area contributed by atoms with Gasteiger partial charge in [-0.15, -0.1) is 0 Å². The molecule has 152 valence electrons. The number of aromatic nitrogens is 1. The minimum atomic E-state index is -3.59. The molecule has 30 heavy (non-hydrogen) atoms. The van der Waals surface area contributed by atoms with E-state index >= 15 is 0 Å². The summed E-state index contributed by atoms with van der Waals surface area (Å²) in [6.45, 7) is 0.664. The van der Waals surface area contributed by atoms with Gasteiger partial charge in [-0.3, -0.25) is 4.79 Å². The highest BCUT2D eigenvalue weighted by Gasteiger charge is 2.15. The molecule has 4 rings (SSSR count). The molecule has 0 atom stereocenters. The van der Waals surface area contributed by atoms with E-state index < -0.39 is 10.0 Å². The van der Waals surface area contributed by atoms with Crippen molar-refractivity contribution in [1.82, 2.24) is 4.57 Å². The van der Waals surface area contributed by atoms with Crippen LogP contribution in [-0.4, -0.2) is 18.9 Å². The lowest BCUT2D eigenvalue weighted by atomic mass is 10.1. The molecule has 3 N–H and O–H groups in total. The first-order chi connectivity index (χ1) is 14.4. The third-order valence-corrected chi connectivity index (χ3v) is 5.54. The van der Waals surface area contributed by atoms with Crippen LogP contribution in [0.2, 0.25) is 0 Å². The van der Waals surface area contributed by atoms with Crippen LogP contribution in [0.5, 0.6) is 0 Å². The van der Waals surface area contributed by atoms with Gasteiger partial charge >= 0.3 is 0 Å². The molecule has 4 aromatic rings. The van der Waals surface area contributed by atoms with E-state index in [0.29, 0.717) is 23.4 Å². The largest absolute Gasteiger partial charge is 0.342 e. The minimum absolute atomic E-state index is 0.225. The Bertz CT molecular complexity index is 1290. The van der Waals surface area contributed by atoms with E-state index in [9.17, 15) is 13.2 Å². The number of rotatable bonds is 6. The second-order valence-corrected chi connectivity index (χ2v) is 8.75. The molecule has 0 aliphatic rings. The summed E-state index contributed by atoms with van der Waals surface area (Å²) in [6, 6.07) is 24.5. The van der Waals surface area contributed by atoms with Gasteiger partial charge in [0.2, 0.25) is 10.0 Å². The summed E-state index contributed by atoms with van der Waals surface area (Å²) in [5, 5.41) is 8.83. The highest BCUT2D eigenvalue weighted by Crippen LogP contribution is 2.24. The van der Waals surface area contributed by atoms with Crippen LogP contribution in [0.3, 0.4) is 0 Å². The predicted octanol–water partition coefficient (Wildman–Crippen LogP) is 3.73. The van der Waals surface area contributed by atoms with Crippen molar-refractivity contribution in [2.75, 3.05) is 5.32 Å². The van der Waals surface area contributed by atoms with E-state index in [2.05, 4.69) is 22.0 Å². The number of amides is 1. The van der Waals surface area contributed by atoms with Gasteiger partial charge in [0.1, 0.15) is 0 Å². The molecule has 0 saturated carbocycles. The van der Waals surface area contributed by atoms with Gasteiger partial charge in [0, 0.05) is 29.3 Å². The molecule has 6 nitrogen and oxygen atoms in total. The Morgan fingerprint density at radius 1 is 0.867 bits per heavy atom. The molecule has 1 aromatic heterocycles. The number of fused-ring (bicyclic) bond motifs is 1. The van der Waals surface area contributed by atoms with Gasteiger partial charge in [-0.2, -0.15) is 0 Å².